The zero-order valence-electron chi connectivity index (χ0n) is 10.6. The van der Waals surface area contributed by atoms with Crippen LogP contribution in [0.2, 0.25) is 0 Å². The van der Waals surface area contributed by atoms with Gasteiger partial charge in [-0.1, -0.05) is 12.5 Å². The highest BCUT2D eigenvalue weighted by atomic mass is 19.1. The second-order valence-electron chi connectivity index (χ2n) is 4.44. The van der Waals surface area contributed by atoms with E-state index in [0.29, 0.717) is 12.2 Å². The van der Waals surface area contributed by atoms with Gasteiger partial charge in [0.15, 0.2) is 0 Å². The largest absolute Gasteiger partial charge is 0.342 e. The van der Waals surface area contributed by atoms with E-state index in [-0.39, 0.29) is 5.56 Å². The Bertz CT molecular complexity index is 517. The summed E-state index contributed by atoms with van der Waals surface area (Å²) in [6.45, 7) is 0.684. The van der Waals surface area contributed by atoms with Crippen molar-refractivity contribution in [1.29, 1.82) is 0 Å². The second-order valence-corrected chi connectivity index (χ2v) is 4.44. The number of hydrogen-bond acceptors (Lipinski definition) is 2. The maximum atomic E-state index is 13.6. The van der Waals surface area contributed by atoms with E-state index >= 15 is 0 Å². The Balaban J connectivity index is 2.08. The van der Waals surface area contributed by atoms with Gasteiger partial charge in [0.05, 0.1) is 17.5 Å². The molecule has 0 radical (unpaired) electrons. The molecule has 3 nitrogen and oxygen atoms in total. The van der Waals surface area contributed by atoms with Crippen LogP contribution in [0.3, 0.4) is 0 Å². The Morgan fingerprint density at radius 1 is 1.11 bits per heavy atom. The Morgan fingerprint density at radius 3 is 2.53 bits per heavy atom. The lowest BCUT2D eigenvalue weighted by Gasteiger charge is -2.01. The van der Waals surface area contributed by atoms with Crippen molar-refractivity contribution in [3.63, 3.8) is 0 Å². The molecule has 0 aliphatic heterocycles. The maximum Gasteiger partial charge on any atom is 0.135 e. The molecule has 0 spiro atoms. The zero-order chi connectivity index (χ0) is 13.7. The van der Waals surface area contributed by atoms with Gasteiger partial charge in [-0.25, -0.2) is 13.8 Å². The topological polar surface area (TPSA) is 54.7 Å². The van der Waals surface area contributed by atoms with Crippen LogP contribution in [0.4, 0.5) is 8.78 Å². The number of aryl methyl sites for hydroxylation is 1. The van der Waals surface area contributed by atoms with Gasteiger partial charge in [-0.3, -0.25) is 0 Å². The van der Waals surface area contributed by atoms with E-state index in [1.54, 1.807) is 0 Å². The van der Waals surface area contributed by atoms with Crippen LogP contribution < -0.4 is 5.73 Å². The highest BCUT2D eigenvalue weighted by molar-refractivity contribution is 5.60. The normalized spacial score (nSPS) is 10.9. The molecule has 2 rings (SSSR count). The quantitative estimate of drug-likeness (QED) is 0.789. The lowest BCUT2D eigenvalue weighted by Crippen LogP contribution is -1.98. The number of nitrogens with zero attached hydrogens (tertiary/aromatic N) is 1. The van der Waals surface area contributed by atoms with E-state index in [4.69, 9.17) is 5.73 Å². The number of nitrogens with two attached hydrogens (primary N) is 1. The fourth-order valence-corrected chi connectivity index (χ4v) is 1.99. The van der Waals surface area contributed by atoms with Crippen molar-refractivity contribution >= 4 is 0 Å². The zero-order valence-corrected chi connectivity index (χ0v) is 10.6. The Kier molecular flexibility index (Phi) is 4.63. The van der Waals surface area contributed by atoms with E-state index in [9.17, 15) is 8.78 Å². The average Bonchev–Trinajstić information content (AvgIpc) is 2.83. The van der Waals surface area contributed by atoms with Crippen molar-refractivity contribution in [2.24, 2.45) is 5.73 Å². The first-order valence-electron chi connectivity index (χ1n) is 6.40. The van der Waals surface area contributed by atoms with Crippen LogP contribution in [0.5, 0.6) is 0 Å². The highest BCUT2D eigenvalue weighted by Crippen LogP contribution is 2.24. The second kappa shape index (κ2) is 6.43. The molecular weight excluding hydrogens is 248 g/mol. The van der Waals surface area contributed by atoms with Gasteiger partial charge < -0.3 is 10.7 Å². The van der Waals surface area contributed by atoms with Crippen molar-refractivity contribution in [2.45, 2.75) is 25.7 Å². The van der Waals surface area contributed by atoms with Crippen molar-refractivity contribution in [2.75, 3.05) is 6.54 Å². The summed E-state index contributed by atoms with van der Waals surface area (Å²) < 4.78 is 27.2. The van der Waals surface area contributed by atoms with Crippen LogP contribution in [0, 0.1) is 11.6 Å². The number of aromatic amines is 1. The fraction of sp³-hybridized carbons (Fsp3) is 0.357. The minimum Gasteiger partial charge on any atom is -0.342 e. The summed E-state index contributed by atoms with van der Waals surface area (Å²) in [5.74, 6) is -0.425. The number of rotatable bonds is 6. The molecule has 102 valence electrons. The van der Waals surface area contributed by atoms with Crippen molar-refractivity contribution in [3.05, 3.63) is 41.9 Å². The lowest BCUT2D eigenvalue weighted by atomic mass is 10.1. The third kappa shape index (κ3) is 3.38. The molecule has 19 heavy (non-hydrogen) atoms. The summed E-state index contributed by atoms with van der Waals surface area (Å²) >= 11 is 0. The number of hydrogen-bond donors (Lipinski definition) is 2. The summed E-state index contributed by atoms with van der Waals surface area (Å²) in [6.07, 6.45) is 5.20. The third-order valence-corrected chi connectivity index (χ3v) is 2.98. The standard InChI is InChI=1S/C14H17F2N3/c15-10-5-4-6-11(16)14(10)12-9-18-13(19-12)7-2-1-3-8-17/h4-6,9H,1-3,7-8,17H2,(H,18,19). The van der Waals surface area contributed by atoms with E-state index < -0.39 is 11.6 Å². The molecular formula is C14H17F2N3. The van der Waals surface area contributed by atoms with Crippen LogP contribution in [-0.4, -0.2) is 16.5 Å². The molecule has 3 N–H and O–H groups in total. The van der Waals surface area contributed by atoms with Gasteiger partial charge in [0.2, 0.25) is 0 Å². The van der Waals surface area contributed by atoms with Crippen molar-refractivity contribution in [1.82, 2.24) is 9.97 Å². The van der Waals surface area contributed by atoms with Crippen molar-refractivity contribution < 1.29 is 8.78 Å². The molecule has 5 heteroatoms. The summed E-state index contributed by atoms with van der Waals surface area (Å²) in [6, 6.07) is 3.82. The van der Waals surface area contributed by atoms with Crippen LogP contribution in [0.1, 0.15) is 25.1 Å². The molecule has 0 aliphatic rings. The molecule has 1 heterocycles. The number of aromatic nitrogens is 2. The summed E-state index contributed by atoms with van der Waals surface area (Å²) in [5, 5.41) is 0. The smallest absolute Gasteiger partial charge is 0.135 e. The van der Waals surface area contributed by atoms with E-state index in [1.807, 2.05) is 0 Å². The van der Waals surface area contributed by atoms with E-state index in [1.165, 1.54) is 24.4 Å². The van der Waals surface area contributed by atoms with Gasteiger partial charge in [-0.15, -0.1) is 0 Å². The molecule has 0 unspecified atom stereocenters. The SMILES string of the molecule is NCCCCCc1ncc(-c2c(F)cccc2F)[nH]1. The fourth-order valence-electron chi connectivity index (χ4n) is 1.99. The van der Waals surface area contributed by atoms with Crippen LogP contribution in [0.15, 0.2) is 24.4 Å². The molecule has 1 aromatic carbocycles. The Labute approximate surface area is 110 Å². The first-order valence-corrected chi connectivity index (χ1v) is 6.40. The van der Waals surface area contributed by atoms with Crippen LogP contribution in [0.25, 0.3) is 11.3 Å². The van der Waals surface area contributed by atoms with Gasteiger partial charge >= 0.3 is 0 Å². The number of nitrogens with one attached hydrogen (secondary N) is 1. The minimum absolute atomic E-state index is 0.0526. The number of benzene rings is 1. The van der Waals surface area contributed by atoms with Gasteiger partial charge in [-0.2, -0.15) is 0 Å². The van der Waals surface area contributed by atoms with Gasteiger partial charge in [0.1, 0.15) is 17.5 Å². The number of H-pyrrole nitrogens is 1. The molecule has 0 fully saturated rings. The van der Waals surface area contributed by atoms with Gasteiger partial charge in [0, 0.05) is 6.42 Å². The monoisotopic (exact) mass is 265 g/mol. The Morgan fingerprint density at radius 2 is 1.84 bits per heavy atom. The summed E-state index contributed by atoms with van der Waals surface area (Å²) in [5.41, 5.74) is 5.74. The summed E-state index contributed by atoms with van der Waals surface area (Å²) in [7, 11) is 0. The predicted molar refractivity (Wildman–Crippen MR) is 70.5 cm³/mol. The van der Waals surface area contributed by atoms with Crippen LogP contribution >= 0.6 is 0 Å². The average molecular weight is 265 g/mol. The van der Waals surface area contributed by atoms with Crippen molar-refractivity contribution in [3.8, 4) is 11.3 Å². The minimum atomic E-state index is -0.585. The highest BCUT2D eigenvalue weighted by Gasteiger charge is 2.13. The molecule has 0 amide bonds. The lowest BCUT2D eigenvalue weighted by molar-refractivity contribution is 0.588. The molecule has 0 bridgehead atoms. The molecule has 0 aliphatic carbocycles. The number of halogens is 2. The molecule has 1 aromatic heterocycles. The third-order valence-electron chi connectivity index (χ3n) is 2.98. The van der Waals surface area contributed by atoms with Gasteiger partial charge in [-0.05, 0) is 31.5 Å². The van der Waals surface area contributed by atoms with E-state index in [2.05, 4.69) is 9.97 Å². The number of unbranched alkanes of at least 4 members (excludes halogenated alkanes) is 2. The van der Waals surface area contributed by atoms with E-state index in [0.717, 1.165) is 31.5 Å². The molecule has 2 aromatic rings. The molecule has 0 saturated carbocycles. The number of imidazole rings is 1. The predicted octanol–water partition coefficient (Wildman–Crippen LogP) is 3.03. The molecule has 0 atom stereocenters. The van der Waals surface area contributed by atoms with Crippen LogP contribution in [-0.2, 0) is 6.42 Å². The first-order chi connectivity index (χ1) is 9.22. The maximum absolute atomic E-state index is 13.6. The van der Waals surface area contributed by atoms with Gasteiger partial charge in [0.25, 0.3) is 0 Å². The Hall–Kier alpha value is -1.75. The first kappa shape index (κ1) is 13.7. The molecule has 0 saturated heterocycles. The summed E-state index contributed by atoms with van der Waals surface area (Å²) in [4.78, 5) is 7.12.